The van der Waals surface area contributed by atoms with Crippen LogP contribution in [0, 0.1) is 0 Å². The number of amides is 1. The molecule has 6 nitrogen and oxygen atoms in total. The molecule has 1 amide bonds. The first-order valence-electron chi connectivity index (χ1n) is 9.27. The van der Waals surface area contributed by atoms with Gasteiger partial charge in [-0.1, -0.05) is 0 Å². The van der Waals surface area contributed by atoms with E-state index >= 15 is 0 Å². The third-order valence-electron chi connectivity index (χ3n) is 4.92. The number of carbonyl (C=O) groups is 1. The predicted molar refractivity (Wildman–Crippen MR) is 110 cm³/mol. The highest BCUT2D eigenvalue weighted by Crippen LogP contribution is 2.30. The molecular weight excluding hydrogens is 409 g/mol. The number of halogens is 3. The second-order valence-electron chi connectivity index (χ2n) is 7.02. The van der Waals surface area contributed by atoms with Gasteiger partial charge in [0.2, 0.25) is 0 Å². The van der Waals surface area contributed by atoms with Crippen molar-refractivity contribution in [3.63, 3.8) is 0 Å². The second kappa shape index (κ2) is 7.42. The molecule has 9 heteroatoms. The van der Waals surface area contributed by atoms with Gasteiger partial charge in [0, 0.05) is 36.9 Å². The first kappa shape index (κ1) is 20.4. The van der Waals surface area contributed by atoms with Gasteiger partial charge in [-0.05, 0) is 48.5 Å². The lowest BCUT2D eigenvalue weighted by molar-refractivity contribution is -0.137. The molecule has 0 aliphatic rings. The highest BCUT2D eigenvalue weighted by atomic mass is 19.4. The monoisotopic (exact) mass is 426 g/mol. The van der Waals surface area contributed by atoms with Crippen molar-refractivity contribution in [2.24, 2.45) is 7.05 Å². The number of nitrogens with one attached hydrogen (secondary N) is 1. The summed E-state index contributed by atoms with van der Waals surface area (Å²) in [7, 11) is 3.27. The summed E-state index contributed by atoms with van der Waals surface area (Å²) in [5.74, 6) is -0.298. The molecule has 0 bridgehead atoms. The first-order valence-corrected chi connectivity index (χ1v) is 9.27. The minimum Gasteiger partial charge on any atom is -0.355 e. The normalized spacial score (nSPS) is 11.6. The number of hydrogen-bond acceptors (Lipinski definition) is 3. The molecule has 0 aliphatic carbocycles. The number of pyridine rings is 1. The summed E-state index contributed by atoms with van der Waals surface area (Å²) in [6.07, 6.45) is -1.27. The summed E-state index contributed by atoms with van der Waals surface area (Å²) in [5, 5.41) is 3.11. The molecule has 0 radical (unpaired) electrons. The Balaban J connectivity index is 2.01. The molecular formula is C22H17F3N4O2. The van der Waals surface area contributed by atoms with Crippen molar-refractivity contribution in [2.75, 3.05) is 7.05 Å². The van der Waals surface area contributed by atoms with Crippen LogP contribution in [-0.2, 0) is 13.2 Å². The zero-order valence-electron chi connectivity index (χ0n) is 16.6. The first-order chi connectivity index (χ1) is 14.7. The van der Waals surface area contributed by atoms with Gasteiger partial charge in [0.15, 0.2) is 0 Å². The summed E-state index contributed by atoms with van der Waals surface area (Å²) in [6.45, 7) is 0. The molecule has 0 fully saturated rings. The summed E-state index contributed by atoms with van der Waals surface area (Å²) >= 11 is 0. The van der Waals surface area contributed by atoms with Crippen molar-refractivity contribution in [3.8, 4) is 16.9 Å². The van der Waals surface area contributed by atoms with Crippen LogP contribution >= 0.6 is 0 Å². The third kappa shape index (κ3) is 3.70. The maximum atomic E-state index is 13.4. The van der Waals surface area contributed by atoms with E-state index in [0.717, 1.165) is 12.1 Å². The predicted octanol–water partition coefficient (Wildman–Crippen LogP) is 3.77. The Hall–Kier alpha value is -3.88. The van der Waals surface area contributed by atoms with E-state index in [1.165, 1.54) is 23.7 Å². The van der Waals surface area contributed by atoms with Gasteiger partial charge in [-0.15, -0.1) is 0 Å². The average molecular weight is 426 g/mol. The van der Waals surface area contributed by atoms with Crippen molar-refractivity contribution in [2.45, 2.75) is 6.18 Å². The smallest absolute Gasteiger partial charge is 0.355 e. The summed E-state index contributed by atoms with van der Waals surface area (Å²) < 4.78 is 41.9. The van der Waals surface area contributed by atoms with E-state index in [2.05, 4.69) is 10.3 Å². The van der Waals surface area contributed by atoms with Crippen LogP contribution in [0.5, 0.6) is 0 Å². The molecule has 4 rings (SSSR count). The van der Waals surface area contributed by atoms with Crippen LogP contribution in [0.15, 0.2) is 65.8 Å². The Morgan fingerprint density at radius 3 is 2.35 bits per heavy atom. The molecule has 31 heavy (non-hydrogen) atoms. The lowest BCUT2D eigenvalue weighted by atomic mass is 10.1. The van der Waals surface area contributed by atoms with Crippen molar-refractivity contribution >= 4 is 16.8 Å². The SMILES string of the molecule is CNC(=O)c1ccc2c(c1)cc(-c1cn(C)cn1)c(=O)n2-c1ccc(C(F)(F)F)cc1. The van der Waals surface area contributed by atoms with E-state index in [0.29, 0.717) is 22.2 Å². The number of aryl methyl sites for hydroxylation is 1. The van der Waals surface area contributed by atoms with Gasteiger partial charge in [0.1, 0.15) is 0 Å². The Morgan fingerprint density at radius 2 is 1.77 bits per heavy atom. The van der Waals surface area contributed by atoms with Crippen LogP contribution in [0.3, 0.4) is 0 Å². The zero-order chi connectivity index (χ0) is 22.3. The minimum atomic E-state index is -4.48. The van der Waals surface area contributed by atoms with E-state index in [9.17, 15) is 22.8 Å². The fraction of sp³-hybridized carbons (Fsp3) is 0.136. The van der Waals surface area contributed by atoms with Crippen molar-refractivity contribution < 1.29 is 18.0 Å². The van der Waals surface area contributed by atoms with Gasteiger partial charge in [-0.2, -0.15) is 13.2 Å². The van der Waals surface area contributed by atoms with Crippen LogP contribution in [0.1, 0.15) is 15.9 Å². The highest BCUT2D eigenvalue weighted by molar-refractivity contribution is 5.98. The van der Waals surface area contributed by atoms with Crippen LogP contribution in [0.25, 0.3) is 27.8 Å². The Kier molecular flexibility index (Phi) is 4.88. The largest absolute Gasteiger partial charge is 0.416 e. The topological polar surface area (TPSA) is 68.9 Å². The number of alkyl halides is 3. The maximum absolute atomic E-state index is 13.4. The molecule has 158 valence electrons. The van der Waals surface area contributed by atoms with Gasteiger partial charge >= 0.3 is 6.18 Å². The van der Waals surface area contributed by atoms with Crippen LogP contribution in [-0.4, -0.2) is 27.1 Å². The molecule has 0 spiro atoms. The maximum Gasteiger partial charge on any atom is 0.416 e. The highest BCUT2D eigenvalue weighted by Gasteiger charge is 2.30. The molecule has 0 atom stereocenters. The molecule has 1 N–H and O–H groups in total. The van der Waals surface area contributed by atoms with Crippen LogP contribution < -0.4 is 10.9 Å². The van der Waals surface area contributed by atoms with Gasteiger partial charge < -0.3 is 9.88 Å². The average Bonchev–Trinajstić information content (AvgIpc) is 3.18. The summed E-state index contributed by atoms with van der Waals surface area (Å²) in [6, 6.07) is 10.8. The molecule has 4 aromatic rings. The molecule has 0 saturated carbocycles. The molecule has 2 aromatic carbocycles. The Morgan fingerprint density at radius 1 is 1.06 bits per heavy atom. The van der Waals surface area contributed by atoms with Crippen molar-refractivity contribution in [1.29, 1.82) is 0 Å². The zero-order valence-corrected chi connectivity index (χ0v) is 16.6. The van der Waals surface area contributed by atoms with E-state index in [-0.39, 0.29) is 17.2 Å². The number of carbonyl (C=O) groups excluding carboxylic acids is 1. The number of imidazole rings is 1. The molecule has 0 aliphatic heterocycles. The minimum absolute atomic E-state index is 0.266. The molecule has 0 unspecified atom stereocenters. The fourth-order valence-electron chi connectivity index (χ4n) is 3.40. The fourth-order valence-corrected chi connectivity index (χ4v) is 3.40. The standard InChI is InChI=1S/C22H17F3N4O2/c1-26-20(30)13-3-8-19-14(9-13)10-17(18-11-28(2)12-27-18)21(31)29(19)16-6-4-15(5-7-16)22(23,24)25/h3-12H,1-2H3,(H,26,30). The van der Waals surface area contributed by atoms with Crippen molar-refractivity contribution in [3.05, 3.63) is 82.5 Å². The Labute approximate surface area is 174 Å². The van der Waals surface area contributed by atoms with E-state index in [4.69, 9.17) is 0 Å². The van der Waals surface area contributed by atoms with E-state index < -0.39 is 17.3 Å². The second-order valence-corrected chi connectivity index (χ2v) is 7.02. The summed E-state index contributed by atoms with van der Waals surface area (Å²) in [4.78, 5) is 29.7. The lowest BCUT2D eigenvalue weighted by Crippen LogP contribution is -2.22. The number of rotatable bonds is 3. The summed E-state index contributed by atoms with van der Waals surface area (Å²) in [5.41, 5.74) is 0.558. The Bertz CT molecular complexity index is 1350. The third-order valence-corrected chi connectivity index (χ3v) is 4.92. The quantitative estimate of drug-likeness (QED) is 0.542. The van der Waals surface area contributed by atoms with E-state index in [1.54, 1.807) is 48.4 Å². The van der Waals surface area contributed by atoms with Gasteiger partial charge in [-0.3, -0.25) is 14.2 Å². The number of nitrogens with zero attached hydrogens (tertiary/aromatic N) is 3. The van der Waals surface area contributed by atoms with Gasteiger partial charge in [-0.25, -0.2) is 4.98 Å². The molecule has 2 heterocycles. The number of benzene rings is 2. The van der Waals surface area contributed by atoms with Crippen molar-refractivity contribution in [1.82, 2.24) is 19.4 Å². The lowest BCUT2D eigenvalue weighted by Gasteiger charge is -2.14. The molecule has 2 aromatic heterocycles. The number of aromatic nitrogens is 3. The number of fused-ring (bicyclic) bond motifs is 1. The number of hydrogen-bond donors (Lipinski definition) is 1. The molecule has 0 saturated heterocycles. The van der Waals surface area contributed by atoms with Crippen LogP contribution in [0.4, 0.5) is 13.2 Å². The van der Waals surface area contributed by atoms with Gasteiger partial charge in [0.25, 0.3) is 11.5 Å². The van der Waals surface area contributed by atoms with Crippen LogP contribution in [0.2, 0.25) is 0 Å². The van der Waals surface area contributed by atoms with Gasteiger partial charge in [0.05, 0.1) is 28.7 Å². The van der Waals surface area contributed by atoms with E-state index in [1.807, 2.05) is 0 Å².